The van der Waals surface area contributed by atoms with Gasteiger partial charge in [-0.1, -0.05) is 46.0 Å². The molecule has 1 spiro atoms. The normalized spacial score (nSPS) is 23.6. The molecule has 4 atom stereocenters. The number of hydrogen-bond acceptors (Lipinski definition) is 7. The largest absolute Gasteiger partial charge is 0.598 e. The number of pyridine rings is 1. The van der Waals surface area contributed by atoms with Crippen molar-refractivity contribution in [2.75, 3.05) is 24.5 Å². The van der Waals surface area contributed by atoms with Crippen molar-refractivity contribution in [1.82, 2.24) is 15.0 Å². The molecular weight excluding hydrogens is 472 g/mol. The molecule has 7 nitrogen and oxygen atoms in total. The predicted octanol–water partition coefficient (Wildman–Crippen LogP) is 4.95. The predicted molar refractivity (Wildman–Crippen MR) is 148 cm³/mol. The highest BCUT2D eigenvalue weighted by atomic mass is 32.2. The van der Waals surface area contributed by atoms with E-state index in [-0.39, 0.29) is 28.1 Å². The van der Waals surface area contributed by atoms with Crippen LogP contribution in [0.1, 0.15) is 92.4 Å². The molecule has 0 bridgehead atoms. The first kappa shape index (κ1) is 29.2. The number of rotatable bonds is 12. The van der Waals surface area contributed by atoms with Gasteiger partial charge in [-0.15, -0.1) is 4.72 Å². The fourth-order valence-corrected chi connectivity index (χ4v) is 6.46. The first-order chi connectivity index (χ1) is 17.2. The van der Waals surface area contributed by atoms with Gasteiger partial charge in [-0.3, -0.25) is 9.78 Å². The zero-order valence-electron chi connectivity index (χ0n) is 23.1. The van der Waals surface area contributed by atoms with Gasteiger partial charge in [-0.05, 0) is 71.7 Å². The molecule has 3 rings (SSSR count). The molecule has 1 aromatic heterocycles. The highest BCUT2D eigenvalue weighted by molar-refractivity contribution is 7.90. The van der Waals surface area contributed by atoms with Gasteiger partial charge in [-0.2, -0.15) is 0 Å². The molecular formula is C28H48N4O3S. The summed E-state index contributed by atoms with van der Waals surface area (Å²) < 4.78 is 22.8. The maximum absolute atomic E-state index is 13.6. The van der Waals surface area contributed by atoms with Gasteiger partial charge in [0.1, 0.15) is 4.75 Å². The van der Waals surface area contributed by atoms with Crippen LogP contribution in [0.2, 0.25) is 0 Å². The van der Waals surface area contributed by atoms with Gasteiger partial charge in [0.05, 0.1) is 29.3 Å². The summed E-state index contributed by atoms with van der Waals surface area (Å²) >= 11 is -1.22. The number of ether oxygens (including phenoxy) is 1. The number of aromatic nitrogens is 1. The van der Waals surface area contributed by atoms with E-state index in [1.807, 2.05) is 39.1 Å². The fourth-order valence-electron chi connectivity index (χ4n) is 5.54. The van der Waals surface area contributed by atoms with Gasteiger partial charge in [0.15, 0.2) is 6.23 Å². The number of esters is 1. The molecule has 0 unspecified atom stereocenters. The minimum atomic E-state index is -1.22. The minimum Gasteiger partial charge on any atom is -0.598 e. The van der Waals surface area contributed by atoms with Crippen molar-refractivity contribution in [1.29, 1.82) is 0 Å². The molecule has 0 aliphatic carbocycles. The van der Waals surface area contributed by atoms with Gasteiger partial charge < -0.3 is 19.5 Å². The van der Waals surface area contributed by atoms with Crippen molar-refractivity contribution in [2.24, 2.45) is 11.3 Å². The Morgan fingerprint density at radius 2 is 2.00 bits per heavy atom. The van der Waals surface area contributed by atoms with E-state index in [4.69, 9.17) is 4.74 Å². The van der Waals surface area contributed by atoms with Crippen LogP contribution in [0, 0.1) is 11.3 Å². The summed E-state index contributed by atoms with van der Waals surface area (Å²) in [4.78, 5) is 20.1. The third-order valence-corrected chi connectivity index (χ3v) is 9.49. The SMILES string of the molecule is CCCCCCC[C@@H](CC)C(=O)O[C@H]1N(c2cccnc2)C[C@@H](N[S@+]([O-])C(C)(C)C)C12CCNCC2. The molecule has 2 fully saturated rings. The number of unbranched alkanes of at least 4 members (excludes halogenated alkanes) is 4. The number of nitrogens with zero attached hydrogens (tertiary/aromatic N) is 2. The first-order valence-electron chi connectivity index (χ1n) is 14.0. The van der Waals surface area contributed by atoms with Gasteiger partial charge in [0.25, 0.3) is 0 Å². The quantitative estimate of drug-likeness (QED) is 0.229. The van der Waals surface area contributed by atoms with Gasteiger partial charge >= 0.3 is 5.97 Å². The van der Waals surface area contributed by atoms with E-state index in [0.717, 1.165) is 50.9 Å². The number of hydrogen-bond donors (Lipinski definition) is 2. The van der Waals surface area contributed by atoms with E-state index in [1.54, 1.807) is 6.20 Å². The standard InChI is InChI=1S/C28H48N4O3S/c1-6-8-9-10-11-13-22(7-2)25(33)35-26-28(15-18-29-19-16-28)24(31-36(34)27(3,4)5)21-32(26)23-14-12-17-30-20-23/h12,14,17,20,22,24,26,29,31H,6-11,13,15-16,18-19,21H2,1-5H3/t22-,24-,26-,36-/m1/s1. The average Bonchev–Trinajstić information content (AvgIpc) is 3.13. The summed E-state index contributed by atoms with van der Waals surface area (Å²) in [7, 11) is 0. The lowest BCUT2D eigenvalue weighted by atomic mass is 9.74. The van der Waals surface area contributed by atoms with Gasteiger partial charge in [-0.25, -0.2) is 0 Å². The van der Waals surface area contributed by atoms with Crippen LogP contribution in [-0.4, -0.2) is 52.2 Å². The van der Waals surface area contributed by atoms with Gasteiger partial charge in [0, 0.05) is 24.1 Å². The molecule has 204 valence electrons. The molecule has 0 aromatic carbocycles. The summed E-state index contributed by atoms with van der Waals surface area (Å²) in [5.41, 5.74) is 0.614. The van der Waals surface area contributed by atoms with E-state index >= 15 is 0 Å². The topological polar surface area (TPSA) is 89.5 Å². The average molecular weight is 521 g/mol. The first-order valence-corrected chi connectivity index (χ1v) is 15.1. The van der Waals surface area contributed by atoms with Crippen molar-refractivity contribution in [3.63, 3.8) is 0 Å². The zero-order valence-corrected chi connectivity index (χ0v) is 23.9. The van der Waals surface area contributed by atoms with Crippen molar-refractivity contribution < 1.29 is 14.1 Å². The molecule has 8 heteroatoms. The summed E-state index contributed by atoms with van der Waals surface area (Å²) in [5.74, 6) is -0.181. The van der Waals surface area contributed by atoms with Gasteiger partial charge in [0.2, 0.25) is 0 Å². The van der Waals surface area contributed by atoms with Crippen LogP contribution in [0.25, 0.3) is 0 Å². The van der Waals surface area contributed by atoms with Crippen molar-refractivity contribution in [3.8, 4) is 0 Å². The van der Waals surface area contributed by atoms with E-state index in [2.05, 4.69) is 33.8 Å². The monoisotopic (exact) mass is 520 g/mol. The van der Waals surface area contributed by atoms with Crippen LogP contribution in [0.3, 0.4) is 0 Å². The smallest absolute Gasteiger partial charge is 0.310 e. The lowest BCUT2D eigenvalue weighted by Crippen LogP contribution is -2.57. The third kappa shape index (κ3) is 7.15. The third-order valence-electron chi connectivity index (χ3n) is 7.88. The van der Waals surface area contributed by atoms with Crippen molar-refractivity contribution in [3.05, 3.63) is 24.5 Å². The van der Waals surface area contributed by atoms with Crippen molar-refractivity contribution in [2.45, 2.75) is 109 Å². The minimum absolute atomic E-state index is 0.0632. The second kappa shape index (κ2) is 13.4. The Kier molecular flexibility index (Phi) is 10.9. The number of nitrogens with one attached hydrogen (secondary N) is 2. The number of carbonyl (C=O) groups is 1. The van der Waals surface area contributed by atoms with Crippen LogP contribution in [0.5, 0.6) is 0 Å². The summed E-state index contributed by atoms with van der Waals surface area (Å²) in [6.45, 7) is 12.6. The molecule has 2 aliphatic heterocycles. The van der Waals surface area contributed by atoms with Crippen LogP contribution in [0.15, 0.2) is 24.5 Å². The van der Waals surface area contributed by atoms with E-state index < -0.39 is 17.6 Å². The lowest BCUT2D eigenvalue weighted by Gasteiger charge is -2.43. The number of carbonyl (C=O) groups excluding carboxylic acids is 1. The molecule has 2 N–H and O–H groups in total. The highest BCUT2D eigenvalue weighted by Crippen LogP contribution is 2.47. The molecule has 2 aliphatic rings. The molecule has 36 heavy (non-hydrogen) atoms. The molecule has 2 saturated heterocycles. The Balaban J connectivity index is 1.85. The van der Waals surface area contributed by atoms with E-state index in [9.17, 15) is 9.35 Å². The molecule has 0 amide bonds. The summed E-state index contributed by atoms with van der Waals surface area (Å²) in [6, 6.07) is 3.88. The molecule has 0 radical (unpaired) electrons. The van der Waals surface area contributed by atoms with E-state index in [1.165, 1.54) is 25.7 Å². The van der Waals surface area contributed by atoms with Crippen LogP contribution in [-0.2, 0) is 20.9 Å². The number of anilines is 1. The van der Waals surface area contributed by atoms with Crippen LogP contribution < -0.4 is 14.9 Å². The number of piperidine rings is 1. The second-order valence-electron chi connectivity index (χ2n) is 11.5. The van der Waals surface area contributed by atoms with Crippen LogP contribution in [0.4, 0.5) is 5.69 Å². The zero-order chi connectivity index (χ0) is 26.2. The Hall–Kier alpha value is -1.35. The van der Waals surface area contributed by atoms with Crippen LogP contribution >= 0.6 is 0 Å². The Morgan fingerprint density at radius 1 is 1.28 bits per heavy atom. The lowest BCUT2D eigenvalue weighted by molar-refractivity contribution is -0.161. The summed E-state index contributed by atoms with van der Waals surface area (Å²) in [5, 5.41) is 3.47. The highest BCUT2D eigenvalue weighted by Gasteiger charge is 2.58. The molecule has 1 aromatic rings. The molecule has 0 saturated carbocycles. The Bertz CT molecular complexity index is 798. The Labute approximate surface area is 221 Å². The summed E-state index contributed by atoms with van der Waals surface area (Å²) in [6.07, 6.45) is 12.5. The fraction of sp³-hybridized carbons (Fsp3) is 0.786. The Morgan fingerprint density at radius 3 is 2.61 bits per heavy atom. The maximum Gasteiger partial charge on any atom is 0.310 e. The molecule has 3 heterocycles. The van der Waals surface area contributed by atoms with E-state index in [0.29, 0.717) is 6.54 Å². The maximum atomic E-state index is 13.6. The second-order valence-corrected chi connectivity index (χ2v) is 13.5. The van der Waals surface area contributed by atoms with Crippen molar-refractivity contribution >= 4 is 23.0 Å².